The summed E-state index contributed by atoms with van der Waals surface area (Å²) in [4.78, 5) is 22.7. The molecule has 0 saturated heterocycles. The monoisotopic (exact) mass is 409 g/mol. The maximum absolute atomic E-state index is 12.6. The summed E-state index contributed by atoms with van der Waals surface area (Å²) in [5, 5.41) is 17.7. The van der Waals surface area contributed by atoms with Gasteiger partial charge in [-0.05, 0) is 19.1 Å². The van der Waals surface area contributed by atoms with E-state index in [-0.39, 0.29) is 12.3 Å². The number of aliphatic hydroxyl groups is 1. The molecule has 1 aromatic heterocycles. The number of carbonyl (C=O) groups is 1. The van der Waals surface area contributed by atoms with Crippen LogP contribution >= 0.6 is 21.9 Å². The molecular weight excluding hydrogens is 390 g/mol. The Morgan fingerprint density at radius 3 is 2.67 bits per heavy atom. The first-order valence-corrected chi connectivity index (χ1v) is 10.5. The van der Waals surface area contributed by atoms with Gasteiger partial charge in [-0.1, -0.05) is 23.4 Å². The van der Waals surface area contributed by atoms with Crippen molar-refractivity contribution in [2.24, 2.45) is 5.16 Å². The lowest BCUT2D eigenvalue weighted by molar-refractivity contribution is -0.110. The highest BCUT2D eigenvalue weighted by atomic mass is 32.3. The Kier molecular flexibility index (Phi) is 5.92. The van der Waals surface area contributed by atoms with Gasteiger partial charge in [0.1, 0.15) is 6.10 Å². The predicted octanol–water partition coefficient (Wildman–Crippen LogP) is 3.28. The zero-order chi connectivity index (χ0) is 19.4. The van der Waals surface area contributed by atoms with Gasteiger partial charge in [-0.15, -0.1) is 21.9 Å². The number of nitrogens with one attached hydrogen (secondary N) is 1. The minimum absolute atomic E-state index is 0.0147. The van der Waals surface area contributed by atoms with Crippen molar-refractivity contribution in [3.63, 3.8) is 0 Å². The molecule has 0 unspecified atom stereocenters. The Morgan fingerprint density at radius 2 is 2.11 bits per heavy atom. The third-order valence-corrected chi connectivity index (χ3v) is 6.32. The Bertz CT molecular complexity index is 863. The lowest BCUT2D eigenvalue weighted by atomic mass is 10.1. The standard InChI is InChI=1S/C17H19N3O5S2/c1-11(10-21)25-20-15(16(22)19-17-18-8-9-26-17)12-2-4-13(5-3-12)27(23,24)14-6-7-14/h2-6,8-9,11,21,23-24H,7,10H2,1H3,(H,18,19,22)/t11-/m1/s1. The topological polar surface area (TPSA) is 124 Å². The number of oxime groups is 1. The van der Waals surface area contributed by atoms with E-state index >= 15 is 0 Å². The van der Waals surface area contributed by atoms with Crippen LogP contribution in [-0.4, -0.2) is 43.5 Å². The predicted molar refractivity (Wildman–Crippen MR) is 105 cm³/mol. The summed E-state index contributed by atoms with van der Waals surface area (Å²) in [5.74, 6) is -0.528. The molecule has 0 saturated carbocycles. The summed E-state index contributed by atoms with van der Waals surface area (Å²) in [7, 11) is -2.95. The van der Waals surface area contributed by atoms with Gasteiger partial charge in [0.2, 0.25) is 0 Å². The van der Waals surface area contributed by atoms with Gasteiger partial charge in [0.15, 0.2) is 10.8 Å². The minimum atomic E-state index is -2.95. The number of thiazole rings is 1. The van der Waals surface area contributed by atoms with Crippen molar-refractivity contribution >= 4 is 38.7 Å². The maximum Gasteiger partial charge on any atom is 0.280 e. The summed E-state index contributed by atoms with van der Waals surface area (Å²) in [6, 6.07) is 6.23. The third kappa shape index (κ3) is 4.73. The van der Waals surface area contributed by atoms with Gasteiger partial charge in [0.25, 0.3) is 5.91 Å². The Labute approximate surface area is 161 Å². The average molecular weight is 409 g/mol. The number of aromatic nitrogens is 1. The Balaban J connectivity index is 1.85. The Morgan fingerprint density at radius 1 is 1.41 bits per heavy atom. The summed E-state index contributed by atoms with van der Waals surface area (Å²) < 4.78 is 20.5. The third-order valence-electron chi connectivity index (χ3n) is 3.64. The average Bonchev–Trinajstić information content (AvgIpc) is 3.41. The molecule has 0 radical (unpaired) electrons. The fourth-order valence-electron chi connectivity index (χ4n) is 2.07. The van der Waals surface area contributed by atoms with E-state index in [0.29, 0.717) is 26.9 Å². The quantitative estimate of drug-likeness (QED) is 0.392. The molecule has 0 bridgehead atoms. The molecular formula is C17H19N3O5S2. The summed E-state index contributed by atoms with van der Waals surface area (Å²) in [6.45, 7) is 1.36. The Hall–Kier alpha value is -2.24. The van der Waals surface area contributed by atoms with E-state index in [1.54, 1.807) is 48.8 Å². The van der Waals surface area contributed by atoms with Crippen molar-refractivity contribution in [1.29, 1.82) is 0 Å². The van der Waals surface area contributed by atoms with E-state index in [0.717, 1.165) is 0 Å². The van der Waals surface area contributed by atoms with Crippen molar-refractivity contribution in [3.05, 3.63) is 52.4 Å². The van der Waals surface area contributed by atoms with Gasteiger partial charge in [-0.25, -0.2) is 4.98 Å². The summed E-state index contributed by atoms with van der Waals surface area (Å²) in [6.07, 6.45) is 3.34. The molecule has 27 heavy (non-hydrogen) atoms. The molecule has 144 valence electrons. The second-order valence-electron chi connectivity index (χ2n) is 5.78. The van der Waals surface area contributed by atoms with E-state index in [1.165, 1.54) is 11.3 Å². The van der Waals surface area contributed by atoms with Gasteiger partial charge in [-0.2, -0.15) is 0 Å². The molecule has 3 rings (SSSR count). The largest absolute Gasteiger partial charge is 0.392 e. The molecule has 0 aliphatic heterocycles. The highest BCUT2D eigenvalue weighted by molar-refractivity contribution is 8.27. The van der Waals surface area contributed by atoms with Crippen LogP contribution in [0, 0.1) is 0 Å². The van der Waals surface area contributed by atoms with Crippen LogP contribution in [0.2, 0.25) is 0 Å². The van der Waals surface area contributed by atoms with Crippen LogP contribution in [0.25, 0.3) is 0 Å². The van der Waals surface area contributed by atoms with Crippen molar-refractivity contribution < 1.29 is 23.8 Å². The van der Waals surface area contributed by atoms with Crippen LogP contribution in [-0.2, 0) is 9.63 Å². The van der Waals surface area contributed by atoms with E-state index < -0.39 is 22.6 Å². The van der Waals surface area contributed by atoms with E-state index in [1.807, 2.05) is 0 Å². The van der Waals surface area contributed by atoms with Crippen molar-refractivity contribution in [2.45, 2.75) is 24.3 Å². The lowest BCUT2D eigenvalue weighted by Gasteiger charge is -2.30. The number of allylic oxidation sites excluding steroid dienone is 2. The van der Waals surface area contributed by atoms with Gasteiger partial charge in [0, 0.05) is 28.5 Å². The second kappa shape index (κ2) is 8.19. The molecule has 1 aliphatic carbocycles. The van der Waals surface area contributed by atoms with Crippen LogP contribution in [0.1, 0.15) is 18.9 Å². The van der Waals surface area contributed by atoms with Crippen molar-refractivity contribution in [1.82, 2.24) is 4.98 Å². The normalized spacial score (nSPS) is 15.7. The van der Waals surface area contributed by atoms with Gasteiger partial charge in [0.05, 0.1) is 11.5 Å². The maximum atomic E-state index is 12.6. The molecule has 1 amide bonds. The number of benzene rings is 1. The fourth-order valence-corrected chi connectivity index (χ4v) is 3.96. The molecule has 1 atom stereocenters. The molecule has 1 heterocycles. The van der Waals surface area contributed by atoms with Gasteiger partial charge in [-0.3, -0.25) is 19.2 Å². The summed E-state index contributed by atoms with van der Waals surface area (Å²) in [5.41, 5.74) is 0.414. The number of hydrogen-bond donors (Lipinski definition) is 4. The molecule has 1 aliphatic rings. The molecule has 2 aromatic rings. The number of amides is 1. The molecule has 8 nitrogen and oxygen atoms in total. The second-order valence-corrected chi connectivity index (χ2v) is 8.77. The van der Waals surface area contributed by atoms with Crippen LogP contribution in [0.3, 0.4) is 0 Å². The molecule has 1 aromatic carbocycles. The van der Waals surface area contributed by atoms with Crippen LogP contribution in [0.5, 0.6) is 0 Å². The summed E-state index contributed by atoms with van der Waals surface area (Å²) >= 11 is 1.26. The molecule has 10 heteroatoms. The number of carbonyl (C=O) groups excluding carboxylic acids is 1. The van der Waals surface area contributed by atoms with E-state index in [2.05, 4.69) is 15.5 Å². The van der Waals surface area contributed by atoms with Crippen molar-refractivity contribution in [3.8, 4) is 0 Å². The smallest absolute Gasteiger partial charge is 0.280 e. The number of aliphatic hydroxyl groups excluding tert-OH is 1. The highest BCUT2D eigenvalue weighted by Gasteiger charge is 2.27. The fraction of sp³-hybridized carbons (Fsp3) is 0.235. The first kappa shape index (κ1) is 19.5. The highest BCUT2D eigenvalue weighted by Crippen LogP contribution is 2.61. The SMILES string of the molecule is C[C@H](CO)ON=C(C(=O)Nc1nccs1)c1ccc(S(O)(O)C2=CC2)cc1. The van der Waals surface area contributed by atoms with Crippen molar-refractivity contribution in [2.75, 3.05) is 11.9 Å². The zero-order valence-electron chi connectivity index (χ0n) is 14.4. The molecule has 4 N–H and O–H groups in total. The van der Waals surface area contributed by atoms with E-state index in [4.69, 9.17) is 9.94 Å². The number of hydrogen-bond acceptors (Lipinski definition) is 8. The van der Waals surface area contributed by atoms with E-state index in [9.17, 15) is 13.9 Å². The van der Waals surface area contributed by atoms with Crippen LogP contribution < -0.4 is 5.32 Å². The van der Waals surface area contributed by atoms with Crippen LogP contribution in [0.4, 0.5) is 5.13 Å². The minimum Gasteiger partial charge on any atom is -0.392 e. The molecule has 0 fully saturated rings. The van der Waals surface area contributed by atoms with Gasteiger partial charge < -0.3 is 9.94 Å². The lowest BCUT2D eigenvalue weighted by Crippen LogP contribution is -2.25. The number of anilines is 1. The molecule has 0 spiro atoms. The zero-order valence-corrected chi connectivity index (χ0v) is 16.0. The first-order valence-electron chi connectivity index (χ1n) is 8.05. The van der Waals surface area contributed by atoms with Gasteiger partial charge >= 0.3 is 0 Å². The first-order chi connectivity index (χ1) is 12.9. The van der Waals surface area contributed by atoms with Crippen LogP contribution in [0.15, 0.2) is 56.9 Å². The number of rotatable bonds is 8. The number of nitrogens with zero attached hydrogens (tertiary/aromatic N) is 2.